The number of ether oxygens (including phenoxy) is 1. The molecule has 1 aliphatic rings. The average Bonchev–Trinajstić information content (AvgIpc) is 3.49. The number of rotatable bonds is 9. The van der Waals surface area contributed by atoms with Crippen LogP contribution in [0.15, 0.2) is 47.4 Å². The number of carboxylic acids is 1. The van der Waals surface area contributed by atoms with Gasteiger partial charge in [-0.2, -0.15) is 0 Å². The van der Waals surface area contributed by atoms with Gasteiger partial charge < -0.3 is 9.84 Å². The van der Waals surface area contributed by atoms with Gasteiger partial charge >= 0.3 is 5.97 Å². The molecule has 0 bridgehead atoms. The molecule has 8 nitrogen and oxygen atoms in total. The summed E-state index contributed by atoms with van der Waals surface area (Å²) >= 11 is 6.84. The number of aliphatic carboxylic acids is 1. The lowest BCUT2D eigenvalue weighted by atomic mass is 10.1. The van der Waals surface area contributed by atoms with Crippen LogP contribution in [0, 0.1) is 11.6 Å². The SMILES string of the molecule is O=C(O)Cc1nc(NC(=O)C(Oc2ccc(F)cc2F)c2ccccc2S(=O)(=O)C2CCCC2)sc1Cl. The number of halogens is 3. The number of thiazole rings is 1. The molecule has 1 aromatic heterocycles. The topological polar surface area (TPSA) is 123 Å². The lowest BCUT2D eigenvalue weighted by Crippen LogP contribution is -2.29. The molecule has 1 saturated carbocycles. The molecule has 1 unspecified atom stereocenters. The van der Waals surface area contributed by atoms with Crippen molar-refractivity contribution in [3.05, 3.63) is 69.7 Å². The highest BCUT2D eigenvalue weighted by molar-refractivity contribution is 7.92. The normalized spacial score (nSPS) is 14.9. The van der Waals surface area contributed by atoms with E-state index in [0.29, 0.717) is 18.9 Å². The Hall–Kier alpha value is -3.09. The zero-order valence-electron chi connectivity index (χ0n) is 19.1. The number of sulfone groups is 1. The lowest BCUT2D eigenvalue weighted by Gasteiger charge is -2.22. The Labute approximate surface area is 220 Å². The third kappa shape index (κ3) is 6.08. The van der Waals surface area contributed by atoms with Gasteiger partial charge in [-0.3, -0.25) is 14.9 Å². The van der Waals surface area contributed by atoms with Gasteiger partial charge in [0.25, 0.3) is 5.91 Å². The molecule has 1 amide bonds. The van der Waals surface area contributed by atoms with Crippen LogP contribution in [0.2, 0.25) is 4.34 Å². The van der Waals surface area contributed by atoms with Crippen molar-refractivity contribution in [2.24, 2.45) is 0 Å². The minimum Gasteiger partial charge on any atom is -0.481 e. The maximum absolute atomic E-state index is 14.5. The molecule has 4 rings (SSSR count). The van der Waals surface area contributed by atoms with Crippen LogP contribution in [0.1, 0.15) is 43.0 Å². The fourth-order valence-corrected chi connectivity index (χ4v) is 7.23. The van der Waals surface area contributed by atoms with Crippen molar-refractivity contribution < 1.29 is 36.6 Å². The van der Waals surface area contributed by atoms with E-state index < -0.39 is 56.9 Å². The molecule has 1 heterocycles. The highest BCUT2D eigenvalue weighted by Crippen LogP contribution is 2.36. The standard InChI is InChI=1S/C24H21ClF2N2O6S2/c25-22-17(12-20(30)31)28-24(36-22)29-23(32)21(35-18-10-9-13(26)11-16(18)27)15-7-3-4-8-19(15)37(33,34)14-5-1-2-6-14/h3-4,7-11,14,21H,1-2,5-6,12H2,(H,30,31)(H,28,29,32). The van der Waals surface area contributed by atoms with Gasteiger partial charge in [-0.1, -0.05) is 54.0 Å². The average molecular weight is 571 g/mol. The summed E-state index contributed by atoms with van der Waals surface area (Å²) in [7, 11) is -3.86. The van der Waals surface area contributed by atoms with E-state index >= 15 is 0 Å². The molecule has 2 aromatic carbocycles. The number of carbonyl (C=O) groups excluding carboxylic acids is 1. The predicted molar refractivity (Wildman–Crippen MR) is 133 cm³/mol. The Morgan fingerprint density at radius 1 is 1.19 bits per heavy atom. The molecule has 0 saturated heterocycles. The molecular formula is C24H21ClF2N2O6S2. The minimum atomic E-state index is -3.86. The number of aromatic nitrogens is 1. The number of nitrogens with one attached hydrogen (secondary N) is 1. The summed E-state index contributed by atoms with van der Waals surface area (Å²) < 4.78 is 60.6. The maximum Gasteiger partial charge on any atom is 0.309 e. The maximum atomic E-state index is 14.5. The number of anilines is 1. The third-order valence-electron chi connectivity index (χ3n) is 5.82. The van der Waals surface area contributed by atoms with Crippen LogP contribution in [0.5, 0.6) is 5.75 Å². The zero-order valence-corrected chi connectivity index (χ0v) is 21.5. The van der Waals surface area contributed by atoms with E-state index in [4.69, 9.17) is 21.4 Å². The van der Waals surface area contributed by atoms with Crippen LogP contribution in [0.25, 0.3) is 0 Å². The highest BCUT2D eigenvalue weighted by Gasteiger charge is 2.36. The highest BCUT2D eigenvalue weighted by atomic mass is 35.5. The van der Waals surface area contributed by atoms with E-state index in [-0.39, 0.29) is 25.6 Å². The fraction of sp³-hybridized carbons (Fsp3) is 0.292. The first kappa shape index (κ1) is 27.0. The second kappa shape index (κ2) is 11.1. The van der Waals surface area contributed by atoms with Crippen molar-refractivity contribution in [1.29, 1.82) is 0 Å². The summed E-state index contributed by atoms with van der Waals surface area (Å²) in [6, 6.07) is 8.27. The van der Waals surface area contributed by atoms with Gasteiger partial charge in [0, 0.05) is 11.6 Å². The number of hydrogen-bond donors (Lipinski definition) is 2. The van der Waals surface area contributed by atoms with Crippen molar-refractivity contribution in [3.8, 4) is 5.75 Å². The van der Waals surface area contributed by atoms with Crippen LogP contribution in [0.3, 0.4) is 0 Å². The van der Waals surface area contributed by atoms with Crippen LogP contribution < -0.4 is 10.1 Å². The number of amides is 1. The molecule has 196 valence electrons. The summed E-state index contributed by atoms with van der Waals surface area (Å²) in [6.07, 6.45) is 0.315. The first-order valence-corrected chi connectivity index (χ1v) is 13.9. The van der Waals surface area contributed by atoms with E-state index in [2.05, 4.69) is 10.3 Å². The van der Waals surface area contributed by atoms with Crippen LogP contribution in [-0.4, -0.2) is 35.6 Å². The number of nitrogens with zero attached hydrogens (tertiary/aromatic N) is 1. The molecule has 1 aliphatic carbocycles. The van der Waals surface area contributed by atoms with Crippen LogP contribution in [0.4, 0.5) is 13.9 Å². The summed E-state index contributed by atoms with van der Waals surface area (Å²) in [6.45, 7) is 0. The molecule has 13 heteroatoms. The first-order valence-electron chi connectivity index (χ1n) is 11.2. The Morgan fingerprint density at radius 2 is 1.89 bits per heavy atom. The number of carboxylic acid groups (broad SMARTS) is 1. The van der Waals surface area contributed by atoms with Crippen molar-refractivity contribution >= 4 is 49.8 Å². The first-order chi connectivity index (χ1) is 17.6. The van der Waals surface area contributed by atoms with Crippen molar-refractivity contribution in [2.45, 2.75) is 48.4 Å². The van der Waals surface area contributed by atoms with E-state index in [1.165, 1.54) is 24.3 Å². The molecule has 2 N–H and O–H groups in total. The lowest BCUT2D eigenvalue weighted by molar-refractivity contribution is -0.136. The molecular weight excluding hydrogens is 550 g/mol. The molecule has 0 radical (unpaired) electrons. The Balaban J connectivity index is 1.74. The smallest absolute Gasteiger partial charge is 0.309 e. The number of hydrogen-bond acceptors (Lipinski definition) is 7. The summed E-state index contributed by atoms with van der Waals surface area (Å²) in [5.74, 6) is -4.51. The van der Waals surface area contributed by atoms with Gasteiger partial charge in [0.1, 0.15) is 10.2 Å². The third-order valence-corrected chi connectivity index (χ3v) is 9.41. The second-order valence-electron chi connectivity index (χ2n) is 8.36. The quantitative estimate of drug-likeness (QED) is 0.363. The predicted octanol–water partition coefficient (Wildman–Crippen LogP) is 5.18. The molecule has 1 atom stereocenters. The van der Waals surface area contributed by atoms with Gasteiger partial charge in [0.05, 0.1) is 22.3 Å². The van der Waals surface area contributed by atoms with Crippen LogP contribution in [-0.2, 0) is 25.8 Å². The van der Waals surface area contributed by atoms with Gasteiger partial charge in [-0.15, -0.1) is 0 Å². The minimum absolute atomic E-state index is 0.0284. The van der Waals surface area contributed by atoms with Gasteiger partial charge in [-0.25, -0.2) is 22.2 Å². The van der Waals surface area contributed by atoms with Gasteiger partial charge in [0.15, 0.2) is 26.5 Å². The van der Waals surface area contributed by atoms with Gasteiger partial charge in [-0.05, 0) is 31.0 Å². The molecule has 37 heavy (non-hydrogen) atoms. The molecule has 0 aliphatic heterocycles. The Bertz CT molecular complexity index is 1440. The Morgan fingerprint density at radius 3 is 2.57 bits per heavy atom. The van der Waals surface area contributed by atoms with E-state index in [1.807, 2.05) is 0 Å². The largest absolute Gasteiger partial charge is 0.481 e. The molecule has 1 fully saturated rings. The van der Waals surface area contributed by atoms with Crippen molar-refractivity contribution in [1.82, 2.24) is 4.98 Å². The number of benzene rings is 2. The second-order valence-corrected chi connectivity index (χ2v) is 12.2. The molecule has 3 aromatic rings. The van der Waals surface area contributed by atoms with Gasteiger partial charge in [0.2, 0.25) is 6.10 Å². The monoisotopic (exact) mass is 570 g/mol. The summed E-state index contributed by atoms with van der Waals surface area (Å²) in [5, 5.41) is 10.8. The number of carbonyl (C=O) groups is 2. The van der Waals surface area contributed by atoms with Crippen molar-refractivity contribution in [2.75, 3.05) is 5.32 Å². The van der Waals surface area contributed by atoms with E-state index in [1.54, 1.807) is 0 Å². The van der Waals surface area contributed by atoms with Crippen LogP contribution >= 0.6 is 22.9 Å². The van der Waals surface area contributed by atoms with Crippen molar-refractivity contribution in [3.63, 3.8) is 0 Å². The zero-order chi connectivity index (χ0) is 26.7. The Kier molecular flexibility index (Phi) is 8.10. The fourth-order valence-electron chi connectivity index (χ4n) is 4.10. The summed E-state index contributed by atoms with van der Waals surface area (Å²) in [5.41, 5.74) is -0.00948. The molecule has 0 spiro atoms. The van der Waals surface area contributed by atoms with E-state index in [9.17, 15) is 26.8 Å². The van der Waals surface area contributed by atoms with E-state index in [0.717, 1.165) is 36.3 Å². The summed E-state index contributed by atoms with van der Waals surface area (Å²) in [4.78, 5) is 28.3.